The Bertz CT molecular complexity index is 1620. The number of ether oxygens (including phenoxy) is 1. The Morgan fingerprint density at radius 3 is 2.55 bits per heavy atom. The number of nitrogens with zero attached hydrogens (tertiary/aromatic N) is 4. The molecule has 2 aliphatic rings. The first kappa shape index (κ1) is 26.6. The average molecular weight is 544 g/mol. The zero-order chi connectivity index (χ0) is 27.6. The lowest BCUT2D eigenvalue weighted by atomic mass is 9.91. The second kappa shape index (κ2) is 11.4. The first-order chi connectivity index (χ1) is 19.5. The summed E-state index contributed by atoms with van der Waals surface area (Å²) in [7, 11) is 0. The number of hydrogen-bond acceptors (Lipinski definition) is 6. The molecule has 0 unspecified atom stereocenters. The van der Waals surface area contributed by atoms with Crippen molar-refractivity contribution in [2.75, 3.05) is 26.3 Å². The second-order valence-corrected chi connectivity index (χ2v) is 10.9. The molecule has 1 saturated heterocycles. The molecule has 6 rings (SSSR count). The monoisotopic (exact) mass is 543 g/mol. The van der Waals surface area contributed by atoms with Gasteiger partial charge in [-0.25, -0.2) is 18.7 Å². The van der Waals surface area contributed by atoms with Crippen LogP contribution >= 0.6 is 0 Å². The van der Waals surface area contributed by atoms with E-state index in [-0.39, 0.29) is 23.1 Å². The van der Waals surface area contributed by atoms with Gasteiger partial charge in [-0.3, -0.25) is 14.3 Å². The average Bonchev–Trinajstić information content (AvgIpc) is 3.24. The van der Waals surface area contributed by atoms with Gasteiger partial charge in [0, 0.05) is 38.3 Å². The van der Waals surface area contributed by atoms with Crippen LogP contribution < -0.4 is 17.0 Å². The van der Waals surface area contributed by atoms with Crippen LogP contribution in [0.5, 0.6) is 0 Å². The molecule has 4 aromatic rings. The van der Waals surface area contributed by atoms with Gasteiger partial charge in [-0.15, -0.1) is 0 Å². The Labute approximate surface area is 231 Å². The fourth-order valence-corrected chi connectivity index (χ4v) is 5.94. The van der Waals surface area contributed by atoms with E-state index in [1.165, 1.54) is 20.8 Å². The Kier molecular flexibility index (Phi) is 7.60. The Morgan fingerprint density at radius 2 is 1.75 bits per heavy atom. The molecular formula is C31H34FN5O3. The lowest BCUT2D eigenvalue weighted by Gasteiger charge is -2.28. The van der Waals surface area contributed by atoms with Crippen LogP contribution in [0.1, 0.15) is 43.7 Å². The maximum absolute atomic E-state index is 14.2. The van der Waals surface area contributed by atoms with Gasteiger partial charge in [0.25, 0.3) is 5.56 Å². The topological polar surface area (TPSA) is 95.4 Å². The van der Waals surface area contributed by atoms with Gasteiger partial charge in [-0.2, -0.15) is 0 Å². The maximum atomic E-state index is 14.2. The van der Waals surface area contributed by atoms with Gasteiger partial charge in [0.2, 0.25) is 0 Å². The molecule has 0 spiro atoms. The zero-order valence-corrected chi connectivity index (χ0v) is 22.5. The van der Waals surface area contributed by atoms with Crippen molar-refractivity contribution in [3.63, 3.8) is 0 Å². The first-order valence-corrected chi connectivity index (χ1v) is 14.1. The number of nitrogens with two attached hydrogens (primary N) is 1. The molecule has 1 aliphatic carbocycles. The van der Waals surface area contributed by atoms with Gasteiger partial charge >= 0.3 is 5.69 Å². The third-order valence-corrected chi connectivity index (χ3v) is 8.11. The SMILES string of the molecule is N[C@H]1CC[C@@H](n2c(=O)c3cc(F)cnc3n(-c3cccc(-c4ccc(CN5CCCOCC5)cc4)c3)c2=O)CC1. The Hall–Kier alpha value is -3.66. The summed E-state index contributed by atoms with van der Waals surface area (Å²) < 4.78 is 22.5. The number of benzene rings is 2. The zero-order valence-electron chi connectivity index (χ0n) is 22.5. The molecule has 8 nitrogen and oxygen atoms in total. The molecule has 2 N–H and O–H groups in total. The molecular weight excluding hydrogens is 509 g/mol. The molecule has 1 saturated carbocycles. The number of fused-ring (bicyclic) bond motifs is 1. The smallest absolute Gasteiger partial charge is 0.337 e. The van der Waals surface area contributed by atoms with E-state index < -0.39 is 17.1 Å². The van der Waals surface area contributed by atoms with E-state index in [1.54, 1.807) is 0 Å². The molecule has 1 aliphatic heterocycles. The van der Waals surface area contributed by atoms with Crippen LogP contribution in [0.25, 0.3) is 27.8 Å². The van der Waals surface area contributed by atoms with Gasteiger partial charge in [0.15, 0.2) is 5.65 Å². The molecule has 0 amide bonds. The van der Waals surface area contributed by atoms with E-state index in [2.05, 4.69) is 34.1 Å². The highest BCUT2D eigenvalue weighted by atomic mass is 19.1. The molecule has 2 aromatic carbocycles. The minimum atomic E-state index is -0.617. The Balaban J connectivity index is 1.38. The lowest BCUT2D eigenvalue weighted by Crippen LogP contribution is -2.44. The summed E-state index contributed by atoms with van der Waals surface area (Å²) in [6, 6.07) is 17.0. The largest absolute Gasteiger partial charge is 0.380 e. The third-order valence-electron chi connectivity index (χ3n) is 8.11. The minimum Gasteiger partial charge on any atom is -0.380 e. The van der Waals surface area contributed by atoms with E-state index in [1.807, 2.05) is 24.3 Å². The molecule has 208 valence electrons. The summed E-state index contributed by atoms with van der Waals surface area (Å²) in [5.41, 5.74) is 8.99. The lowest BCUT2D eigenvalue weighted by molar-refractivity contribution is 0.140. The van der Waals surface area contributed by atoms with Crippen molar-refractivity contribution in [2.45, 2.75) is 50.7 Å². The van der Waals surface area contributed by atoms with Crippen molar-refractivity contribution >= 4 is 11.0 Å². The summed E-state index contributed by atoms with van der Waals surface area (Å²) in [5, 5.41) is 0.0862. The fraction of sp³-hybridized carbons (Fsp3) is 0.387. The maximum Gasteiger partial charge on any atom is 0.337 e. The van der Waals surface area contributed by atoms with Gasteiger partial charge in [-0.1, -0.05) is 36.4 Å². The van der Waals surface area contributed by atoms with Crippen LogP contribution in [-0.4, -0.2) is 51.4 Å². The van der Waals surface area contributed by atoms with Crippen LogP contribution in [0, 0.1) is 5.82 Å². The highest BCUT2D eigenvalue weighted by Crippen LogP contribution is 2.27. The van der Waals surface area contributed by atoms with Crippen molar-refractivity contribution in [3.05, 3.63) is 93.0 Å². The van der Waals surface area contributed by atoms with Crippen LogP contribution in [0.4, 0.5) is 4.39 Å². The molecule has 9 heteroatoms. The molecule has 0 bridgehead atoms. The molecule has 0 radical (unpaired) electrons. The highest BCUT2D eigenvalue weighted by molar-refractivity contribution is 5.76. The minimum absolute atomic E-state index is 0.0650. The first-order valence-electron chi connectivity index (χ1n) is 14.1. The van der Waals surface area contributed by atoms with E-state index in [9.17, 15) is 14.0 Å². The van der Waals surface area contributed by atoms with Gasteiger partial charge < -0.3 is 10.5 Å². The van der Waals surface area contributed by atoms with Gasteiger partial charge in [-0.05, 0) is 67.0 Å². The summed E-state index contributed by atoms with van der Waals surface area (Å²) >= 11 is 0. The van der Waals surface area contributed by atoms with Crippen molar-refractivity contribution in [1.29, 1.82) is 0 Å². The van der Waals surface area contributed by atoms with Crippen LogP contribution in [0.3, 0.4) is 0 Å². The molecule has 2 aromatic heterocycles. The molecule has 3 heterocycles. The second-order valence-electron chi connectivity index (χ2n) is 10.9. The van der Waals surface area contributed by atoms with Gasteiger partial charge in [0.1, 0.15) is 5.82 Å². The van der Waals surface area contributed by atoms with Crippen LogP contribution in [0.2, 0.25) is 0 Å². The number of rotatable bonds is 5. The van der Waals surface area contributed by atoms with E-state index >= 15 is 0 Å². The van der Waals surface area contributed by atoms with Gasteiger partial charge in [0.05, 0.1) is 23.9 Å². The quantitative estimate of drug-likeness (QED) is 0.409. The highest BCUT2D eigenvalue weighted by Gasteiger charge is 2.26. The number of aromatic nitrogens is 3. The number of hydrogen-bond donors (Lipinski definition) is 1. The van der Waals surface area contributed by atoms with E-state index in [0.29, 0.717) is 18.5 Å². The third kappa shape index (κ3) is 5.37. The van der Waals surface area contributed by atoms with Crippen molar-refractivity contribution in [1.82, 2.24) is 19.0 Å². The Morgan fingerprint density at radius 1 is 0.950 bits per heavy atom. The summed E-state index contributed by atoms with van der Waals surface area (Å²) in [6.45, 7) is 4.42. The predicted octanol–water partition coefficient (Wildman–Crippen LogP) is 4.02. The van der Waals surface area contributed by atoms with Crippen molar-refractivity contribution in [3.8, 4) is 16.8 Å². The fourth-order valence-electron chi connectivity index (χ4n) is 5.94. The summed E-state index contributed by atoms with van der Waals surface area (Å²) in [6.07, 6.45) is 4.80. The standard InChI is InChI=1S/C31H34FN5O3/c32-24-18-28-29(34-19-24)36(31(39)37(30(28)38)26-11-9-25(33)10-12-26)27-4-1-3-23(17-27)22-7-5-21(6-8-22)20-35-13-2-15-40-16-14-35/h1,3-8,17-19,25-26H,2,9-16,20,33H2/t25-,26+. The van der Waals surface area contributed by atoms with E-state index in [4.69, 9.17) is 10.5 Å². The van der Waals surface area contributed by atoms with Crippen molar-refractivity contribution in [2.24, 2.45) is 5.73 Å². The molecule has 2 fully saturated rings. The van der Waals surface area contributed by atoms with E-state index in [0.717, 1.165) is 69.4 Å². The molecule has 40 heavy (non-hydrogen) atoms. The summed E-state index contributed by atoms with van der Waals surface area (Å²) in [5.74, 6) is -0.617. The molecule has 0 atom stereocenters. The number of pyridine rings is 1. The van der Waals surface area contributed by atoms with Crippen LogP contribution in [-0.2, 0) is 11.3 Å². The number of halogens is 1. The van der Waals surface area contributed by atoms with Crippen LogP contribution in [0.15, 0.2) is 70.4 Å². The normalized spacial score (nSPS) is 20.4. The predicted molar refractivity (Wildman–Crippen MR) is 153 cm³/mol. The van der Waals surface area contributed by atoms with Crippen molar-refractivity contribution < 1.29 is 9.13 Å². The summed E-state index contributed by atoms with van der Waals surface area (Å²) in [4.78, 5) is 34.0.